The van der Waals surface area contributed by atoms with Crippen molar-refractivity contribution < 1.29 is 4.79 Å². The number of nitrogen functional groups attached to an aromatic ring is 1. The third kappa shape index (κ3) is 2.99. The Balaban J connectivity index is 3.01. The summed E-state index contributed by atoms with van der Waals surface area (Å²) in [5, 5.41) is 0. The van der Waals surface area contributed by atoms with Crippen molar-refractivity contribution in [1.29, 1.82) is 0 Å². The van der Waals surface area contributed by atoms with E-state index in [9.17, 15) is 4.79 Å². The first-order chi connectivity index (χ1) is 7.84. The topological polar surface area (TPSA) is 46.3 Å². The van der Waals surface area contributed by atoms with Crippen LogP contribution in [0.3, 0.4) is 0 Å². The first kappa shape index (κ1) is 13.6. The van der Waals surface area contributed by atoms with Crippen molar-refractivity contribution in [3.63, 3.8) is 0 Å². The molecule has 0 saturated carbocycles. The summed E-state index contributed by atoms with van der Waals surface area (Å²) in [5.74, 6) is 0.572. The van der Waals surface area contributed by atoms with Crippen molar-refractivity contribution in [2.75, 3.05) is 17.7 Å². The zero-order chi connectivity index (χ0) is 13.2. The van der Waals surface area contributed by atoms with E-state index in [0.29, 0.717) is 23.2 Å². The average molecular weight is 234 g/mol. The van der Waals surface area contributed by atoms with E-state index in [1.54, 1.807) is 6.07 Å². The molecular weight excluding hydrogens is 212 g/mol. The van der Waals surface area contributed by atoms with Gasteiger partial charge in [-0.15, -0.1) is 0 Å². The monoisotopic (exact) mass is 234 g/mol. The second-order valence-electron chi connectivity index (χ2n) is 4.92. The Bertz CT molecular complexity index is 413. The van der Waals surface area contributed by atoms with E-state index in [0.717, 1.165) is 5.69 Å². The second-order valence-corrected chi connectivity index (χ2v) is 4.92. The molecule has 3 nitrogen and oxygen atoms in total. The zero-order valence-electron chi connectivity index (χ0n) is 11.3. The highest BCUT2D eigenvalue weighted by Gasteiger charge is 2.15. The molecule has 0 amide bonds. The Kier molecular flexibility index (Phi) is 4.16. The summed E-state index contributed by atoms with van der Waals surface area (Å²) in [7, 11) is 2.05. The quantitative estimate of drug-likeness (QED) is 0.643. The number of hydrogen-bond acceptors (Lipinski definition) is 3. The lowest BCUT2D eigenvalue weighted by Gasteiger charge is -2.30. The van der Waals surface area contributed by atoms with Gasteiger partial charge in [0.25, 0.3) is 0 Å². The summed E-state index contributed by atoms with van der Waals surface area (Å²) in [5.41, 5.74) is 8.09. The highest BCUT2D eigenvalue weighted by molar-refractivity contribution is 5.99. The van der Waals surface area contributed by atoms with Gasteiger partial charge in [0, 0.05) is 30.0 Å². The molecule has 0 aliphatic rings. The normalized spacial score (nSPS) is 12.6. The van der Waals surface area contributed by atoms with Gasteiger partial charge in [-0.2, -0.15) is 0 Å². The molecule has 2 N–H and O–H groups in total. The molecule has 0 aliphatic heterocycles. The Morgan fingerprint density at radius 1 is 1.29 bits per heavy atom. The van der Waals surface area contributed by atoms with Gasteiger partial charge in [0.15, 0.2) is 5.78 Å². The van der Waals surface area contributed by atoms with Crippen LogP contribution in [0, 0.1) is 5.92 Å². The predicted octanol–water partition coefficient (Wildman–Crippen LogP) is 2.95. The number of carbonyl (C=O) groups is 1. The van der Waals surface area contributed by atoms with Crippen molar-refractivity contribution >= 4 is 17.2 Å². The molecule has 1 unspecified atom stereocenters. The fourth-order valence-electron chi connectivity index (χ4n) is 1.77. The summed E-state index contributed by atoms with van der Waals surface area (Å²) < 4.78 is 0. The van der Waals surface area contributed by atoms with Crippen LogP contribution in [-0.4, -0.2) is 18.9 Å². The maximum Gasteiger partial charge on any atom is 0.161 e. The Morgan fingerprint density at radius 2 is 1.88 bits per heavy atom. The summed E-state index contributed by atoms with van der Waals surface area (Å²) in [6.45, 7) is 8.09. The number of Topliss-reactive ketones (excluding diaryl/α,β-unsaturated/α-hetero) is 1. The van der Waals surface area contributed by atoms with Crippen molar-refractivity contribution in [2.45, 2.75) is 33.7 Å². The number of benzene rings is 1. The van der Waals surface area contributed by atoms with Gasteiger partial charge in [-0.3, -0.25) is 4.79 Å². The van der Waals surface area contributed by atoms with Crippen LogP contribution in [0.5, 0.6) is 0 Å². The number of carbonyl (C=O) groups excluding carboxylic acids is 1. The molecule has 0 saturated heterocycles. The predicted molar refractivity (Wildman–Crippen MR) is 73.6 cm³/mol. The van der Waals surface area contributed by atoms with Crippen LogP contribution >= 0.6 is 0 Å². The van der Waals surface area contributed by atoms with Crippen molar-refractivity contribution in [2.24, 2.45) is 5.92 Å². The van der Waals surface area contributed by atoms with Crippen LogP contribution in [0.2, 0.25) is 0 Å². The highest BCUT2D eigenvalue weighted by atomic mass is 16.1. The molecule has 3 heteroatoms. The van der Waals surface area contributed by atoms with Crippen LogP contribution in [0.1, 0.15) is 38.1 Å². The molecule has 17 heavy (non-hydrogen) atoms. The third-order valence-electron chi connectivity index (χ3n) is 3.40. The van der Waals surface area contributed by atoms with Gasteiger partial charge in [0.2, 0.25) is 0 Å². The molecule has 94 valence electrons. The Labute approximate surface area is 104 Å². The van der Waals surface area contributed by atoms with Crippen LogP contribution in [0.15, 0.2) is 18.2 Å². The first-order valence-corrected chi connectivity index (χ1v) is 5.98. The number of rotatable bonds is 4. The zero-order valence-corrected chi connectivity index (χ0v) is 11.3. The minimum atomic E-state index is 0.00797. The maximum absolute atomic E-state index is 11.3. The average Bonchev–Trinajstić information content (AvgIpc) is 2.26. The van der Waals surface area contributed by atoms with E-state index in [1.165, 1.54) is 6.92 Å². The maximum atomic E-state index is 11.3. The van der Waals surface area contributed by atoms with Gasteiger partial charge in [0.05, 0.1) is 0 Å². The lowest BCUT2D eigenvalue weighted by atomic mass is 10.0. The van der Waals surface area contributed by atoms with Crippen LogP contribution in [0.25, 0.3) is 0 Å². The molecule has 0 fully saturated rings. The minimum absolute atomic E-state index is 0.00797. The minimum Gasteiger partial charge on any atom is -0.398 e. The molecule has 0 aromatic heterocycles. The number of anilines is 2. The van der Waals surface area contributed by atoms with Crippen molar-refractivity contribution in [1.82, 2.24) is 0 Å². The van der Waals surface area contributed by atoms with Crippen molar-refractivity contribution in [3.05, 3.63) is 23.8 Å². The SMILES string of the molecule is CC(=O)c1ccc(N(C)C(C)C(C)C)cc1N. The first-order valence-electron chi connectivity index (χ1n) is 5.98. The molecule has 0 heterocycles. The van der Waals surface area contributed by atoms with Gasteiger partial charge in [-0.05, 0) is 38.0 Å². The van der Waals surface area contributed by atoms with Crippen molar-refractivity contribution in [3.8, 4) is 0 Å². The van der Waals surface area contributed by atoms with Gasteiger partial charge in [-0.25, -0.2) is 0 Å². The van der Waals surface area contributed by atoms with Crippen LogP contribution < -0.4 is 10.6 Å². The van der Waals surface area contributed by atoms with Crippen LogP contribution in [0.4, 0.5) is 11.4 Å². The standard InChI is InChI=1S/C14H22N2O/c1-9(2)10(3)16(5)12-6-7-13(11(4)17)14(15)8-12/h6-10H,15H2,1-5H3. The highest BCUT2D eigenvalue weighted by Crippen LogP contribution is 2.24. The molecule has 1 atom stereocenters. The summed E-state index contributed by atoms with van der Waals surface area (Å²) in [4.78, 5) is 13.5. The largest absolute Gasteiger partial charge is 0.398 e. The van der Waals surface area contributed by atoms with E-state index < -0.39 is 0 Å². The Hall–Kier alpha value is -1.51. The molecule has 1 aromatic rings. The third-order valence-corrected chi connectivity index (χ3v) is 3.40. The fourth-order valence-corrected chi connectivity index (χ4v) is 1.77. The number of nitrogens with zero attached hydrogens (tertiary/aromatic N) is 1. The van der Waals surface area contributed by atoms with E-state index >= 15 is 0 Å². The summed E-state index contributed by atoms with van der Waals surface area (Å²) >= 11 is 0. The number of ketones is 1. The smallest absolute Gasteiger partial charge is 0.161 e. The molecule has 1 aromatic carbocycles. The lowest BCUT2D eigenvalue weighted by molar-refractivity contribution is 0.101. The molecule has 0 radical (unpaired) electrons. The molecule has 0 spiro atoms. The van der Waals surface area contributed by atoms with E-state index in [1.807, 2.05) is 19.2 Å². The molecule has 0 bridgehead atoms. The summed E-state index contributed by atoms with van der Waals surface area (Å²) in [6.07, 6.45) is 0. The number of hydrogen-bond donors (Lipinski definition) is 1. The van der Waals surface area contributed by atoms with Gasteiger partial charge in [0.1, 0.15) is 0 Å². The summed E-state index contributed by atoms with van der Waals surface area (Å²) in [6, 6.07) is 6.05. The number of nitrogens with two attached hydrogens (primary N) is 1. The molecular formula is C14H22N2O. The molecule has 0 aliphatic carbocycles. The van der Waals surface area contributed by atoms with Gasteiger partial charge < -0.3 is 10.6 Å². The van der Waals surface area contributed by atoms with Gasteiger partial charge in [-0.1, -0.05) is 13.8 Å². The van der Waals surface area contributed by atoms with E-state index in [-0.39, 0.29) is 5.78 Å². The lowest BCUT2D eigenvalue weighted by Crippen LogP contribution is -2.33. The second kappa shape index (κ2) is 5.21. The fraction of sp³-hybridized carbons (Fsp3) is 0.500. The van der Waals surface area contributed by atoms with Crippen LogP contribution in [-0.2, 0) is 0 Å². The van der Waals surface area contributed by atoms with E-state index in [2.05, 4.69) is 25.7 Å². The van der Waals surface area contributed by atoms with Gasteiger partial charge >= 0.3 is 0 Å². The molecule has 1 rings (SSSR count). The van der Waals surface area contributed by atoms with E-state index in [4.69, 9.17) is 5.73 Å². The Morgan fingerprint density at radius 3 is 2.29 bits per heavy atom.